The van der Waals surface area contributed by atoms with Crippen molar-refractivity contribution in [2.24, 2.45) is 0 Å². The van der Waals surface area contributed by atoms with Crippen LogP contribution in [0.1, 0.15) is 32.2 Å². The molecule has 32 heavy (non-hydrogen) atoms. The summed E-state index contributed by atoms with van der Waals surface area (Å²) in [7, 11) is -3.90. The summed E-state index contributed by atoms with van der Waals surface area (Å²) in [6.07, 6.45) is 3.01. The van der Waals surface area contributed by atoms with E-state index in [4.69, 9.17) is 0 Å². The van der Waals surface area contributed by atoms with Crippen molar-refractivity contribution in [2.75, 3.05) is 10.0 Å². The maximum Gasteiger partial charge on any atom is 0.263 e. The Morgan fingerprint density at radius 3 is 2.41 bits per heavy atom. The first-order chi connectivity index (χ1) is 15.2. The summed E-state index contributed by atoms with van der Waals surface area (Å²) in [5.74, 6) is -0.546. The lowest BCUT2D eigenvalue weighted by Gasteiger charge is -2.18. The average Bonchev–Trinajstić information content (AvgIpc) is 2.78. The Labute approximate surface area is 197 Å². The van der Waals surface area contributed by atoms with Gasteiger partial charge < -0.3 is 5.32 Å². The van der Waals surface area contributed by atoms with Gasteiger partial charge in [0.15, 0.2) is 5.82 Å². The fourth-order valence-electron chi connectivity index (χ4n) is 3.02. The number of sulfonamides is 1. The normalized spacial score (nSPS) is 13.7. The second-order valence-corrected chi connectivity index (χ2v) is 9.71. The van der Waals surface area contributed by atoms with Gasteiger partial charge in [-0.1, -0.05) is 0 Å². The molecule has 3 aromatic rings. The molecule has 1 aliphatic carbocycles. The van der Waals surface area contributed by atoms with Gasteiger partial charge in [-0.25, -0.2) is 13.4 Å². The molecule has 0 radical (unpaired) electrons. The molecule has 0 amide bonds. The summed E-state index contributed by atoms with van der Waals surface area (Å²) in [6.45, 7) is 3.37. The van der Waals surface area contributed by atoms with Crippen LogP contribution in [0.3, 0.4) is 0 Å². The van der Waals surface area contributed by atoms with Crippen molar-refractivity contribution < 1.29 is 18.0 Å². The number of hydrogen-bond acceptors (Lipinski definition) is 8. The number of hydrogen-bond donors (Lipinski definition) is 2. The molecule has 2 aromatic heterocycles. The van der Waals surface area contributed by atoms with Gasteiger partial charge >= 0.3 is 0 Å². The molecule has 11 heteroatoms. The van der Waals surface area contributed by atoms with Crippen molar-refractivity contribution in [3.63, 3.8) is 0 Å². The summed E-state index contributed by atoms with van der Waals surface area (Å²) in [4.78, 5) is 37.7. The lowest BCUT2D eigenvalue weighted by atomic mass is 9.97. The fourth-order valence-corrected chi connectivity index (χ4v) is 4.71. The van der Waals surface area contributed by atoms with Gasteiger partial charge in [0.25, 0.3) is 10.0 Å². The van der Waals surface area contributed by atoms with E-state index in [1.165, 1.54) is 30.5 Å². The number of benzene rings is 1. The van der Waals surface area contributed by atoms with Crippen LogP contribution >= 0.6 is 22.6 Å². The molecule has 0 fully saturated rings. The summed E-state index contributed by atoms with van der Waals surface area (Å²) < 4.78 is 28.1. The molecule has 0 aliphatic heterocycles. The van der Waals surface area contributed by atoms with E-state index in [-0.39, 0.29) is 42.8 Å². The maximum absolute atomic E-state index is 12.8. The van der Waals surface area contributed by atoms with Gasteiger partial charge in [0.1, 0.15) is 11.4 Å². The number of nitrogens with zero attached hydrogens (tertiary/aromatic N) is 3. The van der Waals surface area contributed by atoms with E-state index in [0.29, 0.717) is 17.1 Å². The zero-order chi connectivity index (χ0) is 23.0. The Morgan fingerprint density at radius 1 is 0.969 bits per heavy atom. The van der Waals surface area contributed by atoms with E-state index in [1.807, 2.05) is 22.6 Å². The Balaban J connectivity index is 1.58. The van der Waals surface area contributed by atoms with E-state index in [2.05, 4.69) is 25.0 Å². The van der Waals surface area contributed by atoms with Crippen molar-refractivity contribution in [1.82, 2.24) is 15.0 Å². The van der Waals surface area contributed by atoms with Crippen LogP contribution in [-0.4, -0.2) is 34.9 Å². The van der Waals surface area contributed by atoms with Gasteiger partial charge in [-0.3, -0.25) is 24.3 Å². The van der Waals surface area contributed by atoms with Crippen molar-refractivity contribution in [1.29, 1.82) is 0 Å². The number of fused-ring (bicyclic) bond motifs is 1. The van der Waals surface area contributed by atoms with Crippen LogP contribution in [0.25, 0.3) is 0 Å². The number of nitrogens with one attached hydrogen (secondary N) is 2. The standard InChI is InChI=1S/C21H16IN5O4S/c1-11-10-24-12(2)21(25-11)27-32(30,31)14-7-5-13(6-8-14)26-18-16(22)20(29)17-15(19(18)28)4-3-9-23-17/h3-10,26H,1-2H3,(H,25,27). The van der Waals surface area contributed by atoms with E-state index in [1.54, 1.807) is 32.2 Å². The molecule has 0 atom stereocenters. The molecule has 1 aromatic carbocycles. The predicted octanol–water partition coefficient (Wildman–Crippen LogP) is 3.43. The Bertz CT molecular complexity index is 1400. The molecule has 0 spiro atoms. The minimum atomic E-state index is -3.90. The minimum absolute atomic E-state index is 0.00928. The van der Waals surface area contributed by atoms with Crippen LogP contribution in [0, 0.1) is 13.8 Å². The molecule has 162 valence electrons. The SMILES string of the molecule is Cc1cnc(C)c(NS(=O)(=O)c2ccc(NC3=C(I)C(=O)c4ncccc4C3=O)cc2)n1. The van der Waals surface area contributed by atoms with Crippen molar-refractivity contribution >= 4 is 55.7 Å². The fraction of sp³-hybridized carbons (Fsp3) is 0.0952. The number of Topliss-reactive ketones (excluding diaryl/α,β-unsaturated/α-hetero) is 2. The number of aromatic nitrogens is 3. The van der Waals surface area contributed by atoms with Gasteiger partial charge in [0, 0.05) is 18.1 Å². The largest absolute Gasteiger partial charge is 0.351 e. The first kappa shape index (κ1) is 22.0. The van der Waals surface area contributed by atoms with Gasteiger partial charge in [-0.15, -0.1) is 0 Å². The van der Waals surface area contributed by atoms with Crippen LogP contribution < -0.4 is 10.0 Å². The third kappa shape index (κ3) is 4.12. The molecule has 0 bridgehead atoms. The highest BCUT2D eigenvalue weighted by Crippen LogP contribution is 2.30. The van der Waals surface area contributed by atoms with Crippen LogP contribution in [0.2, 0.25) is 0 Å². The highest BCUT2D eigenvalue weighted by molar-refractivity contribution is 14.1. The highest BCUT2D eigenvalue weighted by Gasteiger charge is 2.32. The minimum Gasteiger partial charge on any atom is -0.351 e. The first-order valence-electron chi connectivity index (χ1n) is 9.32. The highest BCUT2D eigenvalue weighted by atomic mass is 127. The molecular formula is C21H16IN5O4S. The number of ketones is 2. The number of anilines is 2. The molecule has 2 heterocycles. The second-order valence-electron chi connectivity index (χ2n) is 6.95. The molecule has 0 saturated carbocycles. The summed E-state index contributed by atoms with van der Waals surface area (Å²) >= 11 is 1.81. The van der Waals surface area contributed by atoms with Crippen LogP contribution in [0.5, 0.6) is 0 Å². The topological polar surface area (TPSA) is 131 Å². The number of rotatable bonds is 5. The molecule has 2 N–H and O–H groups in total. The lowest BCUT2D eigenvalue weighted by Crippen LogP contribution is -2.25. The van der Waals surface area contributed by atoms with Crippen LogP contribution in [0.4, 0.5) is 11.5 Å². The van der Waals surface area contributed by atoms with E-state index >= 15 is 0 Å². The molecule has 0 unspecified atom stereocenters. The Kier molecular flexibility index (Phi) is 5.77. The van der Waals surface area contributed by atoms with Crippen molar-refractivity contribution in [3.8, 4) is 0 Å². The first-order valence-corrected chi connectivity index (χ1v) is 11.9. The summed E-state index contributed by atoms with van der Waals surface area (Å²) in [5.41, 5.74) is 1.95. The average molecular weight is 561 g/mol. The number of aryl methyl sites for hydroxylation is 2. The predicted molar refractivity (Wildman–Crippen MR) is 126 cm³/mol. The van der Waals surface area contributed by atoms with E-state index in [0.717, 1.165) is 0 Å². The van der Waals surface area contributed by atoms with Gasteiger partial charge in [0.05, 0.1) is 25.4 Å². The maximum atomic E-state index is 12.8. The molecule has 0 saturated heterocycles. The molecular weight excluding hydrogens is 545 g/mol. The number of carbonyl (C=O) groups excluding carboxylic acids is 2. The van der Waals surface area contributed by atoms with Crippen LogP contribution in [-0.2, 0) is 10.0 Å². The Hall–Kier alpha value is -3.19. The third-order valence-corrected chi connectivity index (χ3v) is 7.04. The van der Waals surface area contributed by atoms with Crippen molar-refractivity contribution in [2.45, 2.75) is 18.7 Å². The zero-order valence-corrected chi connectivity index (χ0v) is 19.9. The van der Waals surface area contributed by atoms with Gasteiger partial charge in [0.2, 0.25) is 11.6 Å². The summed E-state index contributed by atoms with van der Waals surface area (Å²) in [6, 6.07) is 8.94. The number of pyridine rings is 1. The van der Waals surface area contributed by atoms with Gasteiger partial charge in [-0.05, 0) is 72.8 Å². The molecule has 1 aliphatic rings. The van der Waals surface area contributed by atoms with Crippen molar-refractivity contribution in [3.05, 3.63) is 80.7 Å². The monoisotopic (exact) mass is 561 g/mol. The van der Waals surface area contributed by atoms with Gasteiger partial charge in [-0.2, -0.15) is 0 Å². The van der Waals surface area contributed by atoms with E-state index < -0.39 is 10.0 Å². The quantitative estimate of drug-likeness (QED) is 0.454. The molecule has 4 rings (SSSR count). The number of halogens is 1. The lowest BCUT2D eigenvalue weighted by molar-refractivity contribution is 0.0980. The molecule has 9 nitrogen and oxygen atoms in total. The third-order valence-electron chi connectivity index (χ3n) is 4.65. The van der Waals surface area contributed by atoms with Crippen LogP contribution in [0.15, 0.2) is 63.0 Å². The smallest absolute Gasteiger partial charge is 0.263 e. The number of carbonyl (C=O) groups is 2. The second kappa shape index (κ2) is 8.39. The number of allylic oxidation sites excluding steroid dienone is 2. The zero-order valence-electron chi connectivity index (χ0n) is 16.9. The Morgan fingerprint density at radius 2 is 1.69 bits per heavy atom. The van der Waals surface area contributed by atoms with E-state index in [9.17, 15) is 18.0 Å². The summed E-state index contributed by atoms with van der Waals surface area (Å²) in [5, 5.41) is 2.93.